The molecule has 0 bridgehead atoms. The highest BCUT2D eigenvalue weighted by Crippen LogP contribution is 2.21. The van der Waals surface area contributed by atoms with Crippen LogP contribution in [-0.2, 0) is 10.0 Å². The monoisotopic (exact) mass is 317 g/mol. The molecule has 19 heavy (non-hydrogen) atoms. The van der Waals surface area contributed by atoms with Gasteiger partial charge >= 0.3 is 0 Å². The van der Waals surface area contributed by atoms with Crippen molar-refractivity contribution in [1.82, 2.24) is 4.72 Å². The second kappa shape index (κ2) is 6.02. The number of halogens is 1. The van der Waals surface area contributed by atoms with E-state index >= 15 is 0 Å². The molecule has 1 heterocycles. The minimum atomic E-state index is -3.72. The van der Waals surface area contributed by atoms with Gasteiger partial charge < -0.3 is 5.11 Å². The average molecular weight is 318 g/mol. The van der Waals surface area contributed by atoms with Gasteiger partial charge in [0, 0.05) is 6.54 Å². The number of thiophene rings is 1. The van der Waals surface area contributed by atoms with E-state index in [-0.39, 0.29) is 16.5 Å². The Labute approximate surface area is 120 Å². The SMILES string of the molecule is O=S(=O)(NCC(O)c1ccsc1)c1ccccc1Cl. The maximum absolute atomic E-state index is 12.0. The van der Waals surface area contributed by atoms with Gasteiger partial charge in [-0.1, -0.05) is 23.7 Å². The van der Waals surface area contributed by atoms with E-state index in [2.05, 4.69) is 4.72 Å². The van der Waals surface area contributed by atoms with E-state index in [0.29, 0.717) is 5.56 Å². The van der Waals surface area contributed by atoms with Gasteiger partial charge in [-0.2, -0.15) is 11.3 Å². The zero-order valence-electron chi connectivity index (χ0n) is 9.78. The van der Waals surface area contributed by atoms with Gasteiger partial charge in [0.15, 0.2) is 0 Å². The highest BCUT2D eigenvalue weighted by molar-refractivity contribution is 7.89. The second-order valence-electron chi connectivity index (χ2n) is 3.85. The minimum Gasteiger partial charge on any atom is -0.387 e. The van der Waals surface area contributed by atoms with E-state index < -0.39 is 16.1 Å². The Balaban J connectivity index is 2.09. The molecule has 1 aromatic heterocycles. The standard InChI is InChI=1S/C12H12ClNO3S2/c13-10-3-1-2-4-12(10)19(16,17)14-7-11(15)9-5-6-18-8-9/h1-6,8,11,14-15H,7H2. The summed E-state index contributed by atoms with van der Waals surface area (Å²) >= 11 is 7.29. The van der Waals surface area contributed by atoms with E-state index in [1.54, 1.807) is 23.6 Å². The third-order valence-electron chi connectivity index (χ3n) is 2.52. The van der Waals surface area contributed by atoms with Crippen molar-refractivity contribution in [2.24, 2.45) is 0 Å². The maximum Gasteiger partial charge on any atom is 0.242 e. The molecular weight excluding hydrogens is 306 g/mol. The Morgan fingerprint density at radius 1 is 1.32 bits per heavy atom. The molecule has 1 unspecified atom stereocenters. The van der Waals surface area contributed by atoms with Crippen LogP contribution in [0, 0.1) is 0 Å². The minimum absolute atomic E-state index is 0.00850. The number of rotatable bonds is 5. The topological polar surface area (TPSA) is 66.4 Å². The Hall–Kier alpha value is -0.920. The van der Waals surface area contributed by atoms with Crippen molar-refractivity contribution in [3.05, 3.63) is 51.7 Å². The summed E-state index contributed by atoms with van der Waals surface area (Å²) < 4.78 is 26.4. The Morgan fingerprint density at radius 3 is 2.68 bits per heavy atom. The molecule has 102 valence electrons. The number of aliphatic hydroxyl groups excluding tert-OH is 1. The molecule has 0 fully saturated rings. The Bertz CT molecular complexity index is 641. The van der Waals surface area contributed by atoms with Crippen LogP contribution in [0.2, 0.25) is 5.02 Å². The summed E-state index contributed by atoms with van der Waals surface area (Å²) in [7, 11) is -3.72. The third kappa shape index (κ3) is 3.55. The predicted octanol–water partition coefficient (Wildman–Crippen LogP) is 2.41. The van der Waals surface area contributed by atoms with E-state index in [1.807, 2.05) is 5.38 Å². The lowest BCUT2D eigenvalue weighted by Crippen LogP contribution is -2.28. The summed E-state index contributed by atoms with van der Waals surface area (Å²) in [5.41, 5.74) is 0.687. The number of nitrogens with one attached hydrogen (secondary N) is 1. The quantitative estimate of drug-likeness (QED) is 0.890. The fourth-order valence-electron chi connectivity index (χ4n) is 1.51. The summed E-state index contributed by atoms with van der Waals surface area (Å²) in [5, 5.41) is 13.6. The maximum atomic E-state index is 12.0. The summed E-state index contributed by atoms with van der Waals surface area (Å²) in [6.07, 6.45) is -0.872. The fourth-order valence-corrected chi connectivity index (χ4v) is 3.77. The van der Waals surface area contributed by atoms with Crippen molar-refractivity contribution < 1.29 is 13.5 Å². The normalized spacial score (nSPS) is 13.4. The molecule has 0 radical (unpaired) electrons. The lowest BCUT2D eigenvalue weighted by Gasteiger charge is -2.11. The predicted molar refractivity (Wildman–Crippen MR) is 75.9 cm³/mol. The van der Waals surface area contributed by atoms with Crippen molar-refractivity contribution in [2.45, 2.75) is 11.0 Å². The van der Waals surface area contributed by atoms with Crippen LogP contribution in [0.5, 0.6) is 0 Å². The van der Waals surface area contributed by atoms with Gasteiger partial charge in [0.1, 0.15) is 4.90 Å². The van der Waals surface area contributed by atoms with Gasteiger partial charge in [-0.15, -0.1) is 0 Å². The molecule has 1 atom stereocenters. The first-order valence-electron chi connectivity index (χ1n) is 5.45. The molecule has 2 aromatic rings. The van der Waals surface area contributed by atoms with Crippen molar-refractivity contribution in [3.8, 4) is 0 Å². The molecule has 4 nitrogen and oxygen atoms in total. The zero-order chi connectivity index (χ0) is 13.9. The molecule has 0 saturated heterocycles. The van der Waals surface area contributed by atoms with Gasteiger partial charge in [-0.3, -0.25) is 0 Å². The van der Waals surface area contributed by atoms with Gasteiger partial charge in [-0.25, -0.2) is 13.1 Å². The molecule has 7 heteroatoms. The number of aliphatic hydroxyl groups is 1. The molecule has 2 N–H and O–H groups in total. The van der Waals surface area contributed by atoms with Crippen LogP contribution < -0.4 is 4.72 Å². The molecule has 0 aliphatic rings. The molecule has 0 amide bonds. The van der Waals surface area contributed by atoms with Crippen LogP contribution >= 0.6 is 22.9 Å². The number of hydrogen-bond donors (Lipinski definition) is 2. The smallest absolute Gasteiger partial charge is 0.242 e. The van der Waals surface area contributed by atoms with Gasteiger partial charge in [-0.05, 0) is 34.5 Å². The molecule has 0 aliphatic heterocycles. The summed E-state index contributed by atoms with van der Waals surface area (Å²) in [5.74, 6) is 0. The van der Waals surface area contributed by atoms with E-state index in [4.69, 9.17) is 11.6 Å². The Kier molecular flexibility index (Phi) is 4.59. The third-order valence-corrected chi connectivity index (χ3v) is 5.15. The van der Waals surface area contributed by atoms with Crippen LogP contribution in [0.15, 0.2) is 46.0 Å². The van der Waals surface area contributed by atoms with Crippen LogP contribution in [0.3, 0.4) is 0 Å². The van der Waals surface area contributed by atoms with Crippen molar-refractivity contribution in [1.29, 1.82) is 0 Å². The first-order chi connectivity index (χ1) is 9.00. The number of benzene rings is 1. The Morgan fingerprint density at radius 2 is 2.05 bits per heavy atom. The van der Waals surface area contributed by atoms with Crippen molar-refractivity contribution in [2.75, 3.05) is 6.54 Å². The molecule has 0 aliphatic carbocycles. The second-order valence-corrected chi connectivity index (χ2v) is 6.78. The molecule has 0 saturated carbocycles. The van der Waals surface area contributed by atoms with Crippen molar-refractivity contribution in [3.63, 3.8) is 0 Å². The summed E-state index contributed by atoms with van der Waals surface area (Å²) in [6.45, 7) is -0.0930. The lowest BCUT2D eigenvalue weighted by atomic mass is 10.2. The van der Waals surface area contributed by atoms with Crippen molar-refractivity contribution >= 4 is 33.0 Å². The van der Waals surface area contributed by atoms with Gasteiger partial charge in [0.2, 0.25) is 10.0 Å². The highest BCUT2D eigenvalue weighted by Gasteiger charge is 2.19. The van der Waals surface area contributed by atoms with E-state index in [9.17, 15) is 13.5 Å². The van der Waals surface area contributed by atoms with Gasteiger partial charge in [0.05, 0.1) is 11.1 Å². The number of sulfonamides is 1. The summed E-state index contributed by atoms with van der Waals surface area (Å²) in [4.78, 5) is 0.00850. The summed E-state index contributed by atoms with van der Waals surface area (Å²) in [6, 6.07) is 7.92. The van der Waals surface area contributed by atoms with E-state index in [1.165, 1.54) is 23.5 Å². The van der Waals surface area contributed by atoms with Crippen LogP contribution in [0.4, 0.5) is 0 Å². The molecule has 1 aromatic carbocycles. The van der Waals surface area contributed by atoms with Crippen LogP contribution in [0.25, 0.3) is 0 Å². The zero-order valence-corrected chi connectivity index (χ0v) is 12.2. The average Bonchev–Trinajstić information content (AvgIpc) is 2.90. The molecule has 2 rings (SSSR count). The number of hydrogen-bond acceptors (Lipinski definition) is 4. The first kappa shape index (κ1) is 14.5. The largest absolute Gasteiger partial charge is 0.387 e. The van der Waals surface area contributed by atoms with E-state index in [0.717, 1.165) is 0 Å². The highest BCUT2D eigenvalue weighted by atomic mass is 35.5. The van der Waals surface area contributed by atoms with Crippen LogP contribution in [-0.4, -0.2) is 20.1 Å². The lowest BCUT2D eigenvalue weighted by molar-refractivity contribution is 0.182. The van der Waals surface area contributed by atoms with Gasteiger partial charge in [0.25, 0.3) is 0 Å². The molecule has 0 spiro atoms. The van der Waals surface area contributed by atoms with Crippen LogP contribution in [0.1, 0.15) is 11.7 Å². The molecular formula is C12H12ClNO3S2. The first-order valence-corrected chi connectivity index (χ1v) is 8.25. The fraction of sp³-hybridized carbons (Fsp3) is 0.167.